The number of β-amino-alcohol motifs (C(OH)–C–C–N with tert-alkyl or cyclic N) is 1. The number of rotatable bonds is 9. The lowest BCUT2D eigenvalue weighted by Gasteiger charge is -2.30. The zero-order valence-electron chi connectivity index (χ0n) is 15.0. The van der Waals surface area contributed by atoms with E-state index >= 15 is 0 Å². The van der Waals surface area contributed by atoms with Gasteiger partial charge in [0.25, 0.3) is 0 Å². The standard InChI is InChI=1S/C17H29N3O4/c1-4-5-6-7-9-17(22,16(21)23-3)12-20-10-8-14(11-20)15-18-13(2)19-24-15/h14,22H,4-12H2,1-3H3/t14-,17+/m0/s1. The van der Waals surface area contributed by atoms with E-state index in [1.54, 1.807) is 6.92 Å². The first kappa shape index (κ1) is 18.9. The molecule has 2 rings (SSSR count). The first-order valence-corrected chi connectivity index (χ1v) is 8.82. The van der Waals surface area contributed by atoms with Crippen molar-refractivity contribution < 1.29 is 19.2 Å². The third-order valence-corrected chi connectivity index (χ3v) is 4.66. The minimum absolute atomic E-state index is 0.160. The fourth-order valence-corrected chi connectivity index (χ4v) is 3.31. The topological polar surface area (TPSA) is 88.7 Å². The molecule has 7 heteroatoms. The molecule has 1 N–H and O–H groups in total. The number of hydrogen-bond donors (Lipinski definition) is 1. The molecule has 1 aliphatic rings. The van der Waals surface area contributed by atoms with E-state index in [0.29, 0.717) is 24.7 Å². The predicted octanol–water partition coefficient (Wildman–Crippen LogP) is 2.04. The van der Waals surface area contributed by atoms with Crippen molar-refractivity contribution in [3.8, 4) is 0 Å². The zero-order chi connectivity index (χ0) is 17.6. The van der Waals surface area contributed by atoms with E-state index < -0.39 is 11.6 Å². The number of aromatic nitrogens is 2. The normalized spacial score (nSPS) is 20.9. The first-order chi connectivity index (χ1) is 11.5. The average molecular weight is 339 g/mol. The van der Waals surface area contributed by atoms with Gasteiger partial charge in [0, 0.05) is 13.1 Å². The SMILES string of the molecule is CCCCCC[C@@](O)(CN1CC[C@H](c2nc(C)no2)C1)C(=O)OC. The second kappa shape index (κ2) is 8.58. The average Bonchev–Trinajstić information content (AvgIpc) is 3.19. The highest BCUT2D eigenvalue weighted by Crippen LogP contribution is 2.28. The number of hydrogen-bond acceptors (Lipinski definition) is 7. The lowest BCUT2D eigenvalue weighted by molar-refractivity contribution is -0.165. The van der Waals surface area contributed by atoms with E-state index in [2.05, 4.69) is 22.0 Å². The third-order valence-electron chi connectivity index (χ3n) is 4.66. The molecule has 1 aromatic heterocycles. The van der Waals surface area contributed by atoms with Crippen LogP contribution in [0.4, 0.5) is 0 Å². The van der Waals surface area contributed by atoms with Crippen molar-refractivity contribution in [3.63, 3.8) is 0 Å². The van der Waals surface area contributed by atoms with Gasteiger partial charge in [-0.25, -0.2) is 4.79 Å². The summed E-state index contributed by atoms with van der Waals surface area (Å²) in [6, 6.07) is 0. The Hall–Kier alpha value is -1.47. The van der Waals surface area contributed by atoms with Crippen LogP contribution in [0.3, 0.4) is 0 Å². The number of carbonyl (C=O) groups excluding carboxylic acids is 1. The Labute approximate surface area is 143 Å². The molecule has 0 amide bonds. The van der Waals surface area contributed by atoms with E-state index in [4.69, 9.17) is 9.26 Å². The van der Waals surface area contributed by atoms with Crippen LogP contribution >= 0.6 is 0 Å². The zero-order valence-corrected chi connectivity index (χ0v) is 15.0. The lowest BCUT2D eigenvalue weighted by atomic mass is 9.95. The number of nitrogens with zero attached hydrogens (tertiary/aromatic N) is 3. The Balaban J connectivity index is 1.93. The van der Waals surface area contributed by atoms with Gasteiger partial charge in [-0.15, -0.1) is 0 Å². The third kappa shape index (κ3) is 4.77. The number of esters is 1. The Bertz CT molecular complexity index is 534. The Morgan fingerprint density at radius 2 is 2.25 bits per heavy atom. The molecule has 136 valence electrons. The quantitative estimate of drug-likeness (QED) is 0.544. The van der Waals surface area contributed by atoms with Crippen LogP contribution in [0, 0.1) is 6.92 Å². The van der Waals surface area contributed by atoms with Crippen molar-refractivity contribution in [3.05, 3.63) is 11.7 Å². The van der Waals surface area contributed by atoms with Crippen molar-refractivity contribution >= 4 is 5.97 Å². The van der Waals surface area contributed by atoms with Gasteiger partial charge in [-0.3, -0.25) is 4.90 Å². The molecule has 1 aliphatic heterocycles. The number of ether oxygens (including phenoxy) is 1. The number of methoxy groups -OCH3 is 1. The van der Waals surface area contributed by atoms with Crippen molar-refractivity contribution in [2.75, 3.05) is 26.7 Å². The molecule has 0 bridgehead atoms. The molecule has 1 aromatic rings. The molecule has 0 radical (unpaired) electrons. The van der Waals surface area contributed by atoms with Crippen LogP contribution in [0.2, 0.25) is 0 Å². The molecule has 0 aliphatic carbocycles. The van der Waals surface area contributed by atoms with Crippen LogP contribution in [0.15, 0.2) is 4.52 Å². The van der Waals surface area contributed by atoms with Crippen molar-refractivity contribution in [1.82, 2.24) is 15.0 Å². The van der Waals surface area contributed by atoms with Gasteiger partial charge in [-0.1, -0.05) is 31.3 Å². The van der Waals surface area contributed by atoms with Gasteiger partial charge in [0.15, 0.2) is 11.4 Å². The molecule has 7 nitrogen and oxygen atoms in total. The molecule has 0 saturated carbocycles. The summed E-state index contributed by atoms with van der Waals surface area (Å²) in [6.45, 7) is 5.72. The Kier molecular flexibility index (Phi) is 6.74. The maximum absolute atomic E-state index is 12.1. The van der Waals surface area contributed by atoms with Gasteiger partial charge in [0.2, 0.25) is 5.89 Å². The second-order valence-corrected chi connectivity index (χ2v) is 6.73. The van der Waals surface area contributed by atoms with Crippen LogP contribution in [0.5, 0.6) is 0 Å². The summed E-state index contributed by atoms with van der Waals surface area (Å²) >= 11 is 0. The van der Waals surface area contributed by atoms with Gasteiger partial charge >= 0.3 is 5.97 Å². The maximum Gasteiger partial charge on any atom is 0.339 e. The van der Waals surface area contributed by atoms with Gasteiger partial charge in [-0.2, -0.15) is 4.98 Å². The Morgan fingerprint density at radius 3 is 2.88 bits per heavy atom. The molecule has 24 heavy (non-hydrogen) atoms. The van der Waals surface area contributed by atoms with E-state index in [-0.39, 0.29) is 12.5 Å². The molecule has 0 aromatic carbocycles. The number of likely N-dealkylation sites (tertiary alicyclic amines) is 1. The smallest absolute Gasteiger partial charge is 0.339 e. The molecule has 1 saturated heterocycles. The van der Waals surface area contributed by atoms with E-state index in [9.17, 15) is 9.90 Å². The van der Waals surface area contributed by atoms with Crippen LogP contribution in [-0.2, 0) is 9.53 Å². The molecule has 0 spiro atoms. The van der Waals surface area contributed by atoms with Crippen molar-refractivity contribution in [2.45, 2.75) is 63.9 Å². The monoisotopic (exact) mass is 339 g/mol. The minimum Gasteiger partial charge on any atom is -0.467 e. The van der Waals surface area contributed by atoms with Crippen LogP contribution < -0.4 is 0 Å². The number of unbranched alkanes of at least 4 members (excludes halogenated alkanes) is 3. The first-order valence-electron chi connectivity index (χ1n) is 8.82. The molecule has 0 unspecified atom stereocenters. The highest BCUT2D eigenvalue weighted by atomic mass is 16.5. The summed E-state index contributed by atoms with van der Waals surface area (Å²) in [4.78, 5) is 18.5. The van der Waals surface area contributed by atoms with Gasteiger partial charge in [0.1, 0.15) is 0 Å². The summed E-state index contributed by atoms with van der Waals surface area (Å²) in [5, 5.41) is 14.7. The number of aryl methyl sites for hydroxylation is 1. The van der Waals surface area contributed by atoms with Crippen molar-refractivity contribution in [2.24, 2.45) is 0 Å². The highest BCUT2D eigenvalue weighted by Gasteiger charge is 2.40. The van der Waals surface area contributed by atoms with E-state index in [0.717, 1.165) is 38.6 Å². The minimum atomic E-state index is -1.44. The Morgan fingerprint density at radius 1 is 1.46 bits per heavy atom. The molecule has 1 fully saturated rings. The van der Waals surface area contributed by atoms with Crippen LogP contribution in [0.25, 0.3) is 0 Å². The summed E-state index contributed by atoms with van der Waals surface area (Å²) in [5.41, 5.74) is -1.44. The largest absolute Gasteiger partial charge is 0.467 e. The fraction of sp³-hybridized carbons (Fsp3) is 0.824. The summed E-state index contributed by atoms with van der Waals surface area (Å²) in [7, 11) is 1.33. The second-order valence-electron chi connectivity index (χ2n) is 6.73. The van der Waals surface area contributed by atoms with Gasteiger partial charge in [-0.05, 0) is 32.7 Å². The van der Waals surface area contributed by atoms with Gasteiger partial charge in [0.05, 0.1) is 13.0 Å². The lowest BCUT2D eigenvalue weighted by Crippen LogP contribution is -2.49. The molecule has 2 atom stereocenters. The summed E-state index contributed by atoms with van der Waals surface area (Å²) < 4.78 is 10.1. The van der Waals surface area contributed by atoms with Gasteiger partial charge < -0.3 is 14.4 Å². The number of aliphatic hydroxyl groups is 1. The molecule has 2 heterocycles. The predicted molar refractivity (Wildman–Crippen MR) is 88.6 cm³/mol. The highest BCUT2D eigenvalue weighted by molar-refractivity contribution is 5.79. The van der Waals surface area contributed by atoms with E-state index in [1.807, 2.05) is 0 Å². The van der Waals surface area contributed by atoms with E-state index in [1.165, 1.54) is 7.11 Å². The molecular weight excluding hydrogens is 310 g/mol. The summed E-state index contributed by atoms with van der Waals surface area (Å²) in [5.74, 6) is 0.884. The maximum atomic E-state index is 12.1. The van der Waals surface area contributed by atoms with Crippen molar-refractivity contribution in [1.29, 1.82) is 0 Å². The fourth-order valence-electron chi connectivity index (χ4n) is 3.31. The molecular formula is C17H29N3O4. The number of carbonyl (C=O) groups is 1. The van der Waals surface area contributed by atoms with Crippen LogP contribution in [0.1, 0.15) is 63.1 Å². The summed E-state index contributed by atoms with van der Waals surface area (Å²) in [6.07, 6.45) is 5.38. The van der Waals surface area contributed by atoms with Crippen LogP contribution in [-0.4, -0.2) is 58.5 Å².